The molecular weight excluding hydrogens is 464 g/mol. The highest BCUT2D eigenvalue weighted by atomic mass is 16.5. The summed E-state index contributed by atoms with van der Waals surface area (Å²) in [5, 5.41) is 29.4. The van der Waals surface area contributed by atoms with Crippen molar-refractivity contribution in [1.82, 2.24) is 0 Å². The van der Waals surface area contributed by atoms with Crippen molar-refractivity contribution in [3.05, 3.63) is 64.2 Å². The fourth-order valence-electron chi connectivity index (χ4n) is 5.10. The fraction of sp³-hybridized carbons (Fsp3) is 0.594. The SMILES string of the molecule is CCC(CC)(c1ccc(CCC(O)C(C)(C)C)c(C)c1)c1ccc(OC[C@@H](O)CCCC(=O)O)c(C)c1. The largest absolute Gasteiger partial charge is 0.491 e. The Morgan fingerprint density at radius 3 is 2.03 bits per heavy atom. The molecule has 0 spiro atoms. The van der Waals surface area contributed by atoms with Gasteiger partial charge in [0.1, 0.15) is 12.4 Å². The third kappa shape index (κ3) is 8.31. The number of ether oxygens (including phenoxy) is 1. The summed E-state index contributed by atoms with van der Waals surface area (Å²) in [6.07, 6.45) is 3.43. The summed E-state index contributed by atoms with van der Waals surface area (Å²) >= 11 is 0. The van der Waals surface area contributed by atoms with E-state index in [1.807, 2.05) is 13.0 Å². The van der Waals surface area contributed by atoms with Crippen molar-refractivity contribution in [2.75, 3.05) is 6.61 Å². The van der Waals surface area contributed by atoms with Crippen LogP contribution in [0.25, 0.3) is 0 Å². The number of rotatable bonds is 14. The Bertz CT molecular complexity index is 1020. The zero-order valence-corrected chi connectivity index (χ0v) is 23.9. The first kappa shape index (κ1) is 30.9. The highest BCUT2D eigenvalue weighted by Crippen LogP contribution is 2.41. The lowest BCUT2D eigenvalue weighted by atomic mass is 9.69. The molecule has 2 atom stereocenters. The predicted octanol–water partition coefficient (Wildman–Crippen LogP) is 6.74. The van der Waals surface area contributed by atoms with Crippen LogP contribution in [-0.2, 0) is 16.6 Å². The lowest BCUT2D eigenvalue weighted by Crippen LogP contribution is -2.27. The summed E-state index contributed by atoms with van der Waals surface area (Å²) in [6.45, 7) is 15.0. The number of benzene rings is 2. The van der Waals surface area contributed by atoms with E-state index in [2.05, 4.69) is 71.9 Å². The van der Waals surface area contributed by atoms with Crippen molar-refractivity contribution in [2.24, 2.45) is 5.41 Å². The molecule has 3 N–H and O–H groups in total. The van der Waals surface area contributed by atoms with Gasteiger partial charge >= 0.3 is 5.97 Å². The molecule has 0 aromatic heterocycles. The number of aliphatic hydroxyl groups excluding tert-OH is 2. The highest BCUT2D eigenvalue weighted by molar-refractivity contribution is 5.66. The Hall–Kier alpha value is -2.37. The first-order valence-electron chi connectivity index (χ1n) is 13.8. The van der Waals surface area contributed by atoms with Crippen LogP contribution in [0.2, 0.25) is 0 Å². The third-order valence-electron chi connectivity index (χ3n) is 7.88. The van der Waals surface area contributed by atoms with Crippen LogP contribution in [0.5, 0.6) is 5.75 Å². The lowest BCUT2D eigenvalue weighted by molar-refractivity contribution is -0.137. The molecule has 2 aromatic rings. The number of aryl methyl sites for hydroxylation is 3. The van der Waals surface area contributed by atoms with Crippen molar-refractivity contribution in [2.45, 2.75) is 111 Å². The molecule has 5 heteroatoms. The first-order valence-corrected chi connectivity index (χ1v) is 13.8. The van der Waals surface area contributed by atoms with Gasteiger partial charge in [-0.2, -0.15) is 0 Å². The van der Waals surface area contributed by atoms with Crippen LogP contribution in [-0.4, -0.2) is 40.1 Å². The van der Waals surface area contributed by atoms with E-state index in [4.69, 9.17) is 9.84 Å². The molecule has 0 aliphatic carbocycles. The Labute approximate surface area is 223 Å². The van der Waals surface area contributed by atoms with Crippen LogP contribution in [0.3, 0.4) is 0 Å². The maximum absolute atomic E-state index is 10.7. The summed E-state index contributed by atoms with van der Waals surface area (Å²) in [4.78, 5) is 10.7. The second kappa shape index (κ2) is 13.4. The topological polar surface area (TPSA) is 87.0 Å². The number of aliphatic hydroxyl groups is 2. The number of hydrogen-bond acceptors (Lipinski definition) is 4. The molecule has 37 heavy (non-hydrogen) atoms. The van der Waals surface area contributed by atoms with Crippen LogP contribution in [0, 0.1) is 19.3 Å². The molecule has 2 rings (SSSR count). The van der Waals surface area contributed by atoms with E-state index in [0.29, 0.717) is 12.8 Å². The molecule has 0 heterocycles. The van der Waals surface area contributed by atoms with Gasteiger partial charge in [0.05, 0.1) is 12.2 Å². The summed E-state index contributed by atoms with van der Waals surface area (Å²) in [6, 6.07) is 13.1. The number of aliphatic carboxylic acids is 1. The molecule has 0 radical (unpaired) electrons. The van der Waals surface area contributed by atoms with Crippen molar-refractivity contribution >= 4 is 5.97 Å². The minimum atomic E-state index is -0.848. The van der Waals surface area contributed by atoms with E-state index in [1.54, 1.807) is 0 Å². The molecule has 0 fully saturated rings. The fourth-order valence-corrected chi connectivity index (χ4v) is 5.10. The van der Waals surface area contributed by atoms with E-state index in [1.165, 1.54) is 22.3 Å². The minimum Gasteiger partial charge on any atom is -0.491 e. The van der Waals surface area contributed by atoms with Gasteiger partial charge in [0.2, 0.25) is 0 Å². The van der Waals surface area contributed by atoms with Gasteiger partial charge < -0.3 is 20.1 Å². The van der Waals surface area contributed by atoms with E-state index in [9.17, 15) is 15.0 Å². The number of carboxylic acids is 1. The van der Waals surface area contributed by atoms with Crippen LogP contribution < -0.4 is 4.74 Å². The maximum Gasteiger partial charge on any atom is 0.303 e. The van der Waals surface area contributed by atoms with Gasteiger partial charge in [-0.05, 0) is 91.7 Å². The molecule has 1 unspecified atom stereocenters. The quantitative estimate of drug-likeness (QED) is 0.261. The van der Waals surface area contributed by atoms with Gasteiger partial charge in [0, 0.05) is 11.8 Å². The Kier molecular flexibility index (Phi) is 11.2. The molecule has 0 saturated carbocycles. The van der Waals surface area contributed by atoms with Crippen LogP contribution in [0.15, 0.2) is 36.4 Å². The highest BCUT2D eigenvalue weighted by Gasteiger charge is 2.31. The molecule has 0 bridgehead atoms. The zero-order valence-electron chi connectivity index (χ0n) is 23.9. The first-order chi connectivity index (χ1) is 17.3. The molecule has 0 aliphatic rings. The predicted molar refractivity (Wildman–Crippen MR) is 150 cm³/mol. The minimum absolute atomic E-state index is 0.0558. The van der Waals surface area contributed by atoms with Gasteiger partial charge in [-0.25, -0.2) is 0 Å². The van der Waals surface area contributed by atoms with Gasteiger partial charge in [0.15, 0.2) is 0 Å². The van der Waals surface area contributed by atoms with E-state index in [0.717, 1.165) is 37.0 Å². The number of hydrogen-bond donors (Lipinski definition) is 3. The average Bonchev–Trinajstić information content (AvgIpc) is 2.83. The van der Waals surface area contributed by atoms with Gasteiger partial charge in [-0.15, -0.1) is 0 Å². The van der Waals surface area contributed by atoms with Crippen molar-refractivity contribution < 1.29 is 24.9 Å². The maximum atomic E-state index is 10.7. The van der Waals surface area contributed by atoms with Crippen molar-refractivity contribution in [1.29, 1.82) is 0 Å². The molecular formula is C32H48O5. The molecule has 2 aromatic carbocycles. The van der Waals surface area contributed by atoms with Gasteiger partial charge in [-0.3, -0.25) is 4.79 Å². The van der Waals surface area contributed by atoms with Gasteiger partial charge in [0.25, 0.3) is 0 Å². The Balaban J connectivity index is 2.19. The van der Waals surface area contributed by atoms with Gasteiger partial charge in [-0.1, -0.05) is 65.0 Å². The van der Waals surface area contributed by atoms with Crippen molar-refractivity contribution in [3.63, 3.8) is 0 Å². The standard InChI is InChI=1S/C32H48O5/c1-8-32(9-2,25-15-13-24(22(3)19-25)14-18-29(34)31(5,6)7)26-16-17-28(23(4)20-26)37-21-27(33)11-10-12-30(35)36/h13,15-17,19-20,27,29,33-34H,8-12,14,18,21H2,1-7H3,(H,35,36)/t27-,29?/m0/s1. The van der Waals surface area contributed by atoms with Crippen LogP contribution >= 0.6 is 0 Å². The summed E-state index contributed by atoms with van der Waals surface area (Å²) < 4.78 is 5.88. The smallest absolute Gasteiger partial charge is 0.303 e. The Morgan fingerprint density at radius 1 is 0.919 bits per heavy atom. The second-order valence-electron chi connectivity index (χ2n) is 11.6. The molecule has 0 saturated heterocycles. The third-order valence-corrected chi connectivity index (χ3v) is 7.88. The van der Waals surface area contributed by atoms with Crippen molar-refractivity contribution in [3.8, 4) is 5.75 Å². The summed E-state index contributed by atoms with van der Waals surface area (Å²) in [5.74, 6) is -0.106. The van der Waals surface area contributed by atoms with E-state index in [-0.39, 0.29) is 30.0 Å². The average molecular weight is 513 g/mol. The summed E-state index contributed by atoms with van der Waals surface area (Å²) in [5.41, 5.74) is 5.89. The molecule has 206 valence electrons. The normalized spacial score (nSPS) is 13.9. The lowest BCUT2D eigenvalue weighted by Gasteiger charge is -2.34. The molecule has 0 aliphatic heterocycles. The number of carbonyl (C=O) groups is 1. The van der Waals surface area contributed by atoms with E-state index >= 15 is 0 Å². The monoisotopic (exact) mass is 512 g/mol. The van der Waals surface area contributed by atoms with Crippen LogP contribution in [0.4, 0.5) is 0 Å². The van der Waals surface area contributed by atoms with Crippen LogP contribution in [0.1, 0.15) is 101 Å². The number of carboxylic acid groups (broad SMARTS) is 1. The zero-order chi connectivity index (χ0) is 27.8. The second-order valence-corrected chi connectivity index (χ2v) is 11.6. The molecule has 0 amide bonds. The Morgan fingerprint density at radius 2 is 1.51 bits per heavy atom. The molecule has 5 nitrogen and oxygen atoms in total. The summed E-state index contributed by atoms with van der Waals surface area (Å²) in [7, 11) is 0. The van der Waals surface area contributed by atoms with E-state index < -0.39 is 12.1 Å².